The number of amides is 1. The average molecular weight is 359 g/mol. The maximum absolute atomic E-state index is 12.5. The molecule has 3 atom stereocenters. The summed E-state index contributed by atoms with van der Waals surface area (Å²) in [5, 5.41) is 2.99. The molecule has 6 heteroatoms. The van der Waals surface area contributed by atoms with Crippen molar-refractivity contribution in [2.24, 2.45) is 5.92 Å². The summed E-state index contributed by atoms with van der Waals surface area (Å²) in [7, 11) is 0. The third-order valence-electron chi connectivity index (χ3n) is 5.98. The Morgan fingerprint density at radius 2 is 2.12 bits per heavy atom. The molecule has 3 aliphatic rings. The number of hydrogen-bond donors (Lipinski definition) is 1. The number of rotatable bonds is 5. The number of carbonyl (C=O) groups is 1. The highest BCUT2D eigenvalue weighted by Gasteiger charge is 2.42. The molecular formula is C20H29N3O3. The summed E-state index contributed by atoms with van der Waals surface area (Å²) in [5.74, 6) is 0.762. The first-order valence-electron chi connectivity index (χ1n) is 9.93. The number of fused-ring (bicyclic) bond motifs is 1. The quantitative estimate of drug-likeness (QED) is 0.868. The average Bonchev–Trinajstić information content (AvgIpc) is 3.10. The second-order valence-electron chi connectivity index (χ2n) is 7.73. The maximum atomic E-state index is 12.5. The van der Waals surface area contributed by atoms with Gasteiger partial charge in [-0.05, 0) is 49.7 Å². The molecule has 3 saturated heterocycles. The van der Waals surface area contributed by atoms with E-state index in [4.69, 9.17) is 9.47 Å². The van der Waals surface area contributed by atoms with E-state index in [0.717, 1.165) is 57.0 Å². The summed E-state index contributed by atoms with van der Waals surface area (Å²) >= 11 is 0. The molecule has 0 aliphatic carbocycles. The van der Waals surface area contributed by atoms with Crippen LogP contribution in [0.2, 0.25) is 0 Å². The molecule has 1 aromatic heterocycles. The van der Waals surface area contributed by atoms with Crippen molar-refractivity contribution in [3.8, 4) is 0 Å². The van der Waals surface area contributed by atoms with E-state index in [-0.39, 0.29) is 18.1 Å². The Bertz CT molecular complexity index is 591. The Hall–Kier alpha value is -1.50. The first kappa shape index (κ1) is 17.9. The zero-order valence-corrected chi connectivity index (χ0v) is 15.3. The van der Waals surface area contributed by atoms with Crippen LogP contribution in [0.5, 0.6) is 0 Å². The van der Waals surface area contributed by atoms with Gasteiger partial charge in [-0.15, -0.1) is 0 Å². The van der Waals surface area contributed by atoms with E-state index in [1.807, 2.05) is 12.1 Å². The molecule has 1 N–H and O–H groups in total. The predicted molar refractivity (Wildman–Crippen MR) is 97.5 cm³/mol. The monoisotopic (exact) mass is 359 g/mol. The van der Waals surface area contributed by atoms with Crippen LogP contribution in [0.15, 0.2) is 24.5 Å². The normalized spacial score (nSPS) is 30.1. The van der Waals surface area contributed by atoms with Crippen molar-refractivity contribution < 1.29 is 14.3 Å². The van der Waals surface area contributed by atoms with E-state index in [0.29, 0.717) is 12.6 Å². The highest BCUT2D eigenvalue weighted by atomic mass is 16.5. The van der Waals surface area contributed by atoms with Gasteiger partial charge >= 0.3 is 0 Å². The molecule has 3 aliphatic heterocycles. The van der Waals surface area contributed by atoms with E-state index in [9.17, 15) is 4.79 Å². The van der Waals surface area contributed by atoms with Crippen LogP contribution in [0, 0.1) is 5.92 Å². The van der Waals surface area contributed by atoms with Gasteiger partial charge < -0.3 is 14.8 Å². The molecule has 6 nitrogen and oxygen atoms in total. The van der Waals surface area contributed by atoms with E-state index in [1.165, 1.54) is 12.8 Å². The van der Waals surface area contributed by atoms with Crippen LogP contribution in [0.25, 0.3) is 0 Å². The topological polar surface area (TPSA) is 63.7 Å². The van der Waals surface area contributed by atoms with Crippen molar-refractivity contribution in [3.63, 3.8) is 0 Å². The highest BCUT2D eigenvalue weighted by molar-refractivity contribution is 5.80. The lowest BCUT2D eigenvalue weighted by Gasteiger charge is -2.37. The molecule has 0 aromatic carbocycles. The van der Waals surface area contributed by atoms with Crippen molar-refractivity contribution in [1.82, 2.24) is 15.2 Å². The van der Waals surface area contributed by atoms with Crippen molar-refractivity contribution in [3.05, 3.63) is 30.1 Å². The lowest BCUT2D eigenvalue weighted by Crippen LogP contribution is -2.48. The number of pyridine rings is 1. The molecule has 0 bridgehead atoms. The first-order valence-corrected chi connectivity index (χ1v) is 9.93. The molecule has 0 spiro atoms. The lowest BCUT2D eigenvalue weighted by molar-refractivity contribution is -0.144. The number of nitrogens with zero attached hydrogens (tertiary/aromatic N) is 2. The number of ether oxygens (including phenoxy) is 2. The second kappa shape index (κ2) is 8.46. The van der Waals surface area contributed by atoms with E-state index in [2.05, 4.69) is 15.2 Å². The van der Waals surface area contributed by atoms with Gasteiger partial charge in [-0.2, -0.15) is 0 Å². The molecule has 4 rings (SSSR count). The van der Waals surface area contributed by atoms with Gasteiger partial charge in [0.15, 0.2) is 0 Å². The predicted octanol–water partition coefficient (Wildman–Crippen LogP) is 1.75. The molecule has 0 radical (unpaired) electrons. The Labute approximate surface area is 155 Å². The SMILES string of the molecule is O=C(NCc1cccnc1)[C@@H]1CC[C@@H]2[C@@H](CCN2CC2CCOCC2)O1. The van der Waals surface area contributed by atoms with E-state index < -0.39 is 0 Å². The second-order valence-corrected chi connectivity index (χ2v) is 7.73. The minimum atomic E-state index is -0.309. The van der Waals surface area contributed by atoms with Crippen molar-refractivity contribution in [2.45, 2.75) is 56.9 Å². The van der Waals surface area contributed by atoms with Gasteiger partial charge in [-0.25, -0.2) is 0 Å². The van der Waals surface area contributed by atoms with Crippen molar-refractivity contribution in [1.29, 1.82) is 0 Å². The van der Waals surface area contributed by atoms with E-state index >= 15 is 0 Å². The van der Waals surface area contributed by atoms with Crippen LogP contribution in [-0.4, -0.2) is 60.3 Å². The minimum absolute atomic E-state index is 0.00943. The number of likely N-dealkylation sites (tertiary alicyclic amines) is 1. The highest BCUT2D eigenvalue weighted by Crippen LogP contribution is 2.33. The molecule has 142 valence electrons. The molecular weight excluding hydrogens is 330 g/mol. The van der Waals surface area contributed by atoms with Gasteiger partial charge in [-0.1, -0.05) is 6.07 Å². The van der Waals surface area contributed by atoms with Crippen LogP contribution in [-0.2, 0) is 20.8 Å². The van der Waals surface area contributed by atoms with Gasteiger partial charge in [0.2, 0.25) is 5.91 Å². The Kier molecular flexibility index (Phi) is 5.82. The Balaban J connectivity index is 1.25. The summed E-state index contributed by atoms with van der Waals surface area (Å²) in [6.45, 7) is 4.57. The van der Waals surface area contributed by atoms with Gasteiger partial charge in [0.1, 0.15) is 6.10 Å². The number of hydrogen-bond acceptors (Lipinski definition) is 5. The van der Waals surface area contributed by atoms with Gasteiger partial charge in [0.05, 0.1) is 6.10 Å². The maximum Gasteiger partial charge on any atom is 0.249 e. The zero-order valence-electron chi connectivity index (χ0n) is 15.3. The fourth-order valence-corrected chi connectivity index (χ4v) is 4.50. The fourth-order valence-electron chi connectivity index (χ4n) is 4.50. The number of carbonyl (C=O) groups excluding carboxylic acids is 1. The molecule has 1 amide bonds. The van der Waals surface area contributed by atoms with E-state index in [1.54, 1.807) is 12.4 Å². The van der Waals surface area contributed by atoms with Crippen LogP contribution >= 0.6 is 0 Å². The minimum Gasteiger partial charge on any atom is -0.381 e. The van der Waals surface area contributed by atoms with Crippen LogP contribution in [0.1, 0.15) is 37.7 Å². The van der Waals surface area contributed by atoms with Gasteiger partial charge in [-0.3, -0.25) is 14.7 Å². The standard InChI is InChI=1S/C20H29N3O3/c24-20(22-13-16-2-1-8-21-12-16)19-4-3-17-18(26-19)5-9-23(17)14-15-6-10-25-11-7-15/h1-2,8,12,15,17-19H,3-7,9-11,13-14H2,(H,22,24)/t17-,18-,19+/m1/s1. The smallest absolute Gasteiger partial charge is 0.249 e. The largest absolute Gasteiger partial charge is 0.381 e. The van der Waals surface area contributed by atoms with Gasteiger partial charge in [0.25, 0.3) is 0 Å². The first-order chi connectivity index (χ1) is 12.8. The van der Waals surface area contributed by atoms with Crippen LogP contribution < -0.4 is 5.32 Å². The third kappa shape index (κ3) is 4.24. The molecule has 26 heavy (non-hydrogen) atoms. The summed E-state index contributed by atoms with van der Waals surface area (Å²) in [4.78, 5) is 19.2. The van der Waals surface area contributed by atoms with Crippen molar-refractivity contribution >= 4 is 5.91 Å². The number of aromatic nitrogens is 1. The van der Waals surface area contributed by atoms with Crippen LogP contribution in [0.3, 0.4) is 0 Å². The molecule has 4 heterocycles. The third-order valence-corrected chi connectivity index (χ3v) is 5.98. The summed E-state index contributed by atoms with van der Waals surface area (Å²) in [6, 6.07) is 4.34. The van der Waals surface area contributed by atoms with Gasteiger partial charge in [0, 0.05) is 51.3 Å². The molecule has 0 saturated carbocycles. The number of nitrogens with one attached hydrogen (secondary N) is 1. The fraction of sp³-hybridized carbons (Fsp3) is 0.700. The zero-order chi connectivity index (χ0) is 17.8. The van der Waals surface area contributed by atoms with Crippen molar-refractivity contribution in [2.75, 3.05) is 26.3 Å². The molecule has 3 fully saturated rings. The molecule has 1 aromatic rings. The summed E-state index contributed by atoms with van der Waals surface area (Å²) in [6.07, 6.45) is 8.67. The lowest BCUT2D eigenvalue weighted by atomic mass is 9.96. The Morgan fingerprint density at radius 1 is 1.23 bits per heavy atom. The van der Waals surface area contributed by atoms with Crippen LogP contribution in [0.4, 0.5) is 0 Å². The Morgan fingerprint density at radius 3 is 2.92 bits per heavy atom. The summed E-state index contributed by atoms with van der Waals surface area (Å²) in [5.41, 5.74) is 1.01. The summed E-state index contributed by atoms with van der Waals surface area (Å²) < 4.78 is 11.7. The molecule has 0 unspecified atom stereocenters.